The van der Waals surface area contributed by atoms with E-state index in [2.05, 4.69) is 5.32 Å². The number of urea groups is 1. The maximum Gasteiger partial charge on any atom is 0.327 e. The minimum atomic E-state index is -0.675. The number of amides is 3. The first kappa shape index (κ1) is 9.67. The van der Waals surface area contributed by atoms with Crippen LogP contribution in [0.2, 0.25) is 0 Å². The fraction of sp³-hybridized carbons (Fsp3) is 0.200. The molecule has 1 aliphatic rings. The third-order valence-corrected chi connectivity index (χ3v) is 2.30. The lowest BCUT2D eigenvalue weighted by Crippen LogP contribution is -2.31. The number of aliphatic hydroxyl groups excluding tert-OH is 1. The summed E-state index contributed by atoms with van der Waals surface area (Å²) in [5.41, 5.74) is 0.715. The topological polar surface area (TPSA) is 69.6 Å². The minimum Gasteiger partial charge on any atom is -0.376 e. The summed E-state index contributed by atoms with van der Waals surface area (Å²) in [6.45, 7) is -0.589. The summed E-state index contributed by atoms with van der Waals surface area (Å²) in [4.78, 5) is 23.6. The molecule has 0 aliphatic carbocycles. The molecule has 5 nitrogen and oxygen atoms in total. The van der Waals surface area contributed by atoms with Gasteiger partial charge in [-0.3, -0.25) is 4.79 Å². The van der Waals surface area contributed by atoms with E-state index >= 15 is 0 Å². The van der Waals surface area contributed by atoms with Crippen molar-refractivity contribution in [3.63, 3.8) is 0 Å². The van der Waals surface area contributed by atoms with E-state index in [1.807, 2.05) is 6.07 Å². The lowest BCUT2D eigenvalue weighted by atomic mass is 10.1. The molecule has 5 heteroatoms. The molecule has 3 amide bonds. The Morgan fingerprint density at radius 1 is 1.27 bits per heavy atom. The average Bonchev–Trinajstić information content (AvgIpc) is 2.55. The van der Waals surface area contributed by atoms with Crippen LogP contribution in [0, 0.1) is 0 Å². The lowest BCUT2D eigenvalue weighted by molar-refractivity contribution is -0.130. The second kappa shape index (κ2) is 3.70. The summed E-state index contributed by atoms with van der Waals surface area (Å²) in [5, 5.41) is 11.3. The fourth-order valence-corrected chi connectivity index (χ4v) is 1.52. The number of nitrogens with zero attached hydrogens (tertiary/aromatic N) is 1. The molecule has 1 aromatic rings. The van der Waals surface area contributed by atoms with Crippen LogP contribution in [0.1, 0.15) is 11.6 Å². The van der Waals surface area contributed by atoms with Crippen LogP contribution in [0.25, 0.3) is 0 Å². The van der Waals surface area contributed by atoms with Gasteiger partial charge < -0.3 is 10.4 Å². The molecule has 1 aliphatic heterocycles. The van der Waals surface area contributed by atoms with Crippen LogP contribution >= 0.6 is 0 Å². The Morgan fingerprint density at radius 3 is 2.47 bits per heavy atom. The van der Waals surface area contributed by atoms with Crippen molar-refractivity contribution < 1.29 is 14.7 Å². The minimum absolute atomic E-state index is 0.422. The van der Waals surface area contributed by atoms with Crippen LogP contribution in [-0.2, 0) is 4.79 Å². The van der Waals surface area contributed by atoms with E-state index in [4.69, 9.17) is 5.11 Å². The Balaban J connectivity index is 2.27. The largest absolute Gasteiger partial charge is 0.376 e. The van der Waals surface area contributed by atoms with Gasteiger partial charge in [-0.15, -0.1) is 0 Å². The second-order valence-corrected chi connectivity index (χ2v) is 3.20. The second-order valence-electron chi connectivity index (χ2n) is 3.20. The molecule has 0 bridgehead atoms. The van der Waals surface area contributed by atoms with Gasteiger partial charge in [-0.25, -0.2) is 9.69 Å². The number of carbonyl (C=O) groups is 2. The molecule has 2 rings (SSSR count). The molecule has 1 unspecified atom stereocenters. The van der Waals surface area contributed by atoms with Gasteiger partial charge in [0.25, 0.3) is 5.91 Å². The molecule has 0 saturated carbocycles. The van der Waals surface area contributed by atoms with Gasteiger partial charge in [-0.1, -0.05) is 30.3 Å². The molecular formula is C10H10N2O3. The van der Waals surface area contributed by atoms with Gasteiger partial charge >= 0.3 is 6.03 Å². The van der Waals surface area contributed by atoms with Crippen LogP contribution in [0.5, 0.6) is 0 Å². The van der Waals surface area contributed by atoms with E-state index in [-0.39, 0.29) is 0 Å². The standard InChI is InChI=1S/C10H10N2O3/c13-6-12-9(14)8(11-10(12)15)7-4-2-1-3-5-7/h1-5,8,13H,6H2,(H,11,15). The van der Waals surface area contributed by atoms with E-state index < -0.39 is 24.7 Å². The van der Waals surface area contributed by atoms with Gasteiger partial charge in [0.2, 0.25) is 0 Å². The Kier molecular flexibility index (Phi) is 2.39. The fourth-order valence-electron chi connectivity index (χ4n) is 1.52. The molecule has 2 N–H and O–H groups in total. The van der Waals surface area contributed by atoms with Gasteiger partial charge in [0, 0.05) is 0 Å². The number of carbonyl (C=O) groups excluding carboxylic acids is 2. The zero-order valence-electron chi connectivity index (χ0n) is 7.88. The Morgan fingerprint density at radius 2 is 1.93 bits per heavy atom. The van der Waals surface area contributed by atoms with Crippen molar-refractivity contribution in [1.29, 1.82) is 0 Å². The van der Waals surface area contributed by atoms with Crippen LogP contribution in [0.3, 0.4) is 0 Å². The molecule has 1 atom stereocenters. The summed E-state index contributed by atoms with van der Waals surface area (Å²) in [6.07, 6.45) is 0. The van der Waals surface area contributed by atoms with Crippen LogP contribution in [0.15, 0.2) is 30.3 Å². The molecule has 1 heterocycles. The highest BCUT2D eigenvalue weighted by Gasteiger charge is 2.38. The normalized spacial score (nSPS) is 20.6. The van der Waals surface area contributed by atoms with Crippen molar-refractivity contribution in [3.8, 4) is 0 Å². The molecule has 1 fully saturated rings. The van der Waals surface area contributed by atoms with Crippen molar-refractivity contribution in [2.24, 2.45) is 0 Å². The van der Waals surface area contributed by atoms with Gasteiger partial charge in [0.05, 0.1) is 0 Å². The molecule has 78 valence electrons. The number of hydrogen-bond acceptors (Lipinski definition) is 3. The van der Waals surface area contributed by atoms with Crippen molar-refractivity contribution in [2.45, 2.75) is 6.04 Å². The third kappa shape index (κ3) is 1.57. The summed E-state index contributed by atoms with van der Waals surface area (Å²) >= 11 is 0. The predicted molar refractivity (Wildman–Crippen MR) is 51.6 cm³/mol. The molecule has 1 saturated heterocycles. The van der Waals surface area contributed by atoms with Crippen LogP contribution in [-0.4, -0.2) is 28.7 Å². The maximum atomic E-state index is 11.6. The van der Waals surface area contributed by atoms with Gasteiger partial charge in [-0.2, -0.15) is 0 Å². The third-order valence-electron chi connectivity index (χ3n) is 2.30. The van der Waals surface area contributed by atoms with Crippen LogP contribution in [0.4, 0.5) is 4.79 Å². The van der Waals surface area contributed by atoms with E-state index in [0.29, 0.717) is 5.56 Å². The van der Waals surface area contributed by atoms with E-state index in [0.717, 1.165) is 4.90 Å². The quantitative estimate of drug-likeness (QED) is 0.680. The predicted octanol–water partition coefficient (Wildman–Crippen LogP) is 0.229. The van der Waals surface area contributed by atoms with Gasteiger partial charge in [-0.05, 0) is 5.56 Å². The average molecular weight is 206 g/mol. The number of hydrogen-bond donors (Lipinski definition) is 2. The molecule has 0 aromatic heterocycles. The zero-order valence-corrected chi connectivity index (χ0v) is 7.88. The smallest absolute Gasteiger partial charge is 0.327 e. The van der Waals surface area contributed by atoms with Crippen molar-refractivity contribution >= 4 is 11.9 Å². The number of aliphatic hydroxyl groups is 1. The summed E-state index contributed by atoms with van der Waals surface area (Å²) < 4.78 is 0. The summed E-state index contributed by atoms with van der Waals surface area (Å²) in [6, 6.07) is 7.68. The summed E-state index contributed by atoms with van der Waals surface area (Å²) in [5.74, 6) is -0.422. The number of benzene rings is 1. The maximum absolute atomic E-state index is 11.6. The molecule has 1 aromatic carbocycles. The highest BCUT2D eigenvalue weighted by Crippen LogP contribution is 2.20. The molecule has 15 heavy (non-hydrogen) atoms. The number of imide groups is 1. The molecule has 0 radical (unpaired) electrons. The summed E-state index contributed by atoms with van der Waals surface area (Å²) in [7, 11) is 0. The van der Waals surface area contributed by atoms with Crippen LogP contribution < -0.4 is 5.32 Å². The highest BCUT2D eigenvalue weighted by atomic mass is 16.3. The first-order valence-electron chi connectivity index (χ1n) is 4.51. The van der Waals surface area contributed by atoms with Crippen molar-refractivity contribution in [1.82, 2.24) is 10.2 Å². The van der Waals surface area contributed by atoms with E-state index in [9.17, 15) is 9.59 Å². The van der Waals surface area contributed by atoms with Gasteiger partial charge in [0.1, 0.15) is 12.8 Å². The van der Waals surface area contributed by atoms with Crippen molar-refractivity contribution in [3.05, 3.63) is 35.9 Å². The van der Waals surface area contributed by atoms with Gasteiger partial charge in [0.15, 0.2) is 0 Å². The Labute approximate surface area is 86.3 Å². The number of rotatable bonds is 2. The SMILES string of the molecule is O=C1NC(c2ccccc2)C(=O)N1CO. The first-order chi connectivity index (χ1) is 7.24. The zero-order chi connectivity index (χ0) is 10.8. The highest BCUT2D eigenvalue weighted by molar-refractivity contribution is 6.04. The van der Waals surface area contributed by atoms with Crippen molar-refractivity contribution in [2.75, 3.05) is 6.73 Å². The lowest BCUT2D eigenvalue weighted by Gasteiger charge is -2.08. The monoisotopic (exact) mass is 206 g/mol. The molecular weight excluding hydrogens is 196 g/mol. The van der Waals surface area contributed by atoms with E-state index in [1.165, 1.54) is 0 Å². The Hall–Kier alpha value is -1.88. The molecule has 0 spiro atoms. The first-order valence-corrected chi connectivity index (χ1v) is 4.51. The number of nitrogens with one attached hydrogen (secondary N) is 1. The van der Waals surface area contributed by atoms with E-state index in [1.54, 1.807) is 24.3 Å². The Bertz CT molecular complexity index is 391.